The zero-order chi connectivity index (χ0) is 14.8. The zero-order valence-corrected chi connectivity index (χ0v) is 13.2. The van der Waals surface area contributed by atoms with E-state index in [-0.39, 0.29) is 18.3 Å². The molecule has 6 heteroatoms. The van der Waals surface area contributed by atoms with Crippen molar-refractivity contribution in [1.29, 1.82) is 0 Å². The highest BCUT2D eigenvalue weighted by Crippen LogP contribution is 2.25. The molecule has 0 N–H and O–H groups in total. The topological polar surface area (TPSA) is 55.8 Å². The molecule has 5 nitrogen and oxygen atoms in total. The van der Waals surface area contributed by atoms with Gasteiger partial charge in [0.25, 0.3) is 0 Å². The fourth-order valence-electron chi connectivity index (χ4n) is 2.22. The average Bonchev–Trinajstić information content (AvgIpc) is 2.47. The van der Waals surface area contributed by atoms with E-state index in [0.717, 1.165) is 24.3 Å². The van der Waals surface area contributed by atoms with Crippen molar-refractivity contribution in [2.45, 2.75) is 25.7 Å². The molecular weight excluding hydrogens is 278 g/mol. The Morgan fingerprint density at radius 1 is 1.20 bits per heavy atom. The van der Waals surface area contributed by atoms with Crippen LogP contribution in [0.4, 0.5) is 0 Å². The number of esters is 1. The fraction of sp³-hybridized carbons (Fsp3) is 0.857. The number of ether oxygens (including phenoxy) is 2. The molecule has 0 aromatic carbocycles. The first-order valence-corrected chi connectivity index (χ1v) is 8.24. The lowest BCUT2D eigenvalue weighted by atomic mass is 9.98. The number of hydrogen-bond acceptors (Lipinski definition) is 5. The normalized spacial score (nSPS) is 15.9. The number of nitrogens with zero attached hydrogens (tertiary/aromatic N) is 1. The summed E-state index contributed by atoms with van der Waals surface area (Å²) in [6.07, 6.45) is 3.06. The van der Waals surface area contributed by atoms with Crippen LogP contribution in [0.25, 0.3) is 0 Å². The molecule has 1 rings (SSSR count). The quantitative estimate of drug-likeness (QED) is 0.637. The number of methoxy groups -OCH3 is 2. The van der Waals surface area contributed by atoms with Crippen molar-refractivity contribution in [3.05, 3.63) is 0 Å². The first-order valence-electron chi connectivity index (χ1n) is 7.08. The van der Waals surface area contributed by atoms with E-state index in [9.17, 15) is 9.59 Å². The van der Waals surface area contributed by atoms with Crippen LogP contribution in [0.5, 0.6) is 0 Å². The van der Waals surface area contributed by atoms with Gasteiger partial charge in [-0.05, 0) is 30.3 Å². The average molecular weight is 303 g/mol. The summed E-state index contributed by atoms with van der Waals surface area (Å²) in [5.74, 6) is 2.64. The van der Waals surface area contributed by atoms with Gasteiger partial charge in [-0.3, -0.25) is 9.59 Å². The predicted molar refractivity (Wildman–Crippen MR) is 79.8 cm³/mol. The molecule has 1 amide bonds. The fourth-order valence-corrected chi connectivity index (χ4v) is 3.42. The molecule has 0 bridgehead atoms. The van der Waals surface area contributed by atoms with E-state index in [2.05, 4.69) is 4.74 Å². The molecule has 0 unspecified atom stereocenters. The van der Waals surface area contributed by atoms with Crippen molar-refractivity contribution < 1.29 is 19.1 Å². The summed E-state index contributed by atoms with van der Waals surface area (Å²) in [6, 6.07) is 0. The molecule has 0 radical (unpaired) electrons. The van der Waals surface area contributed by atoms with Gasteiger partial charge in [-0.15, -0.1) is 0 Å². The van der Waals surface area contributed by atoms with E-state index in [4.69, 9.17) is 4.74 Å². The summed E-state index contributed by atoms with van der Waals surface area (Å²) in [4.78, 5) is 25.3. The highest BCUT2D eigenvalue weighted by atomic mass is 32.2. The Balaban J connectivity index is 2.42. The molecule has 1 saturated heterocycles. The van der Waals surface area contributed by atoms with Crippen LogP contribution in [-0.2, 0) is 19.1 Å². The highest BCUT2D eigenvalue weighted by molar-refractivity contribution is 7.99. The van der Waals surface area contributed by atoms with Gasteiger partial charge >= 0.3 is 5.97 Å². The Labute approximate surface area is 125 Å². The van der Waals surface area contributed by atoms with Crippen molar-refractivity contribution in [2.24, 2.45) is 5.92 Å². The van der Waals surface area contributed by atoms with E-state index in [1.54, 1.807) is 12.0 Å². The second-order valence-corrected chi connectivity index (χ2v) is 6.18. The summed E-state index contributed by atoms with van der Waals surface area (Å²) < 4.78 is 9.66. The van der Waals surface area contributed by atoms with Crippen LogP contribution < -0.4 is 0 Å². The highest BCUT2D eigenvalue weighted by Gasteiger charge is 2.21. The summed E-state index contributed by atoms with van der Waals surface area (Å²) in [5.41, 5.74) is 0. The number of hydrogen-bond donors (Lipinski definition) is 0. The standard InChI is InChI=1S/C14H25NO4S/c1-18-8-7-15(6-3-14(17)19-2)13(16)11-12-4-9-20-10-5-12/h12H,3-11H2,1-2H3. The van der Waals surface area contributed by atoms with Gasteiger partial charge < -0.3 is 14.4 Å². The van der Waals surface area contributed by atoms with Crippen LogP contribution >= 0.6 is 11.8 Å². The second-order valence-electron chi connectivity index (χ2n) is 4.96. The Kier molecular flexibility index (Phi) is 8.69. The molecule has 0 spiro atoms. The molecule has 0 aromatic heterocycles. The van der Waals surface area contributed by atoms with Gasteiger partial charge in [-0.1, -0.05) is 0 Å². The number of carbonyl (C=O) groups is 2. The predicted octanol–water partition coefficient (Wildman–Crippen LogP) is 1.56. The van der Waals surface area contributed by atoms with Crippen LogP contribution in [0.2, 0.25) is 0 Å². The van der Waals surface area contributed by atoms with Gasteiger partial charge in [-0.2, -0.15) is 11.8 Å². The Morgan fingerprint density at radius 3 is 2.50 bits per heavy atom. The van der Waals surface area contributed by atoms with Crippen molar-refractivity contribution in [3.63, 3.8) is 0 Å². The molecule has 116 valence electrons. The first-order chi connectivity index (χ1) is 9.67. The van der Waals surface area contributed by atoms with E-state index < -0.39 is 0 Å². The van der Waals surface area contributed by atoms with Crippen molar-refractivity contribution >= 4 is 23.6 Å². The van der Waals surface area contributed by atoms with Gasteiger partial charge in [-0.25, -0.2) is 0 Å². The number of amides is 1. The largest absolute Gasteiger partial charge is 0.469 e. The van der Waals surface area contributed by atoms with Crippen LogP contribution in [0.15, 0.2) is 0 Å². The maximum atomic E-state index is 12.3. The third-order valence-electron chi connectivity index (χ3n) is 3.54. The van der Waals surface area contributed by atoms with Crippen molar-refractivity contribution in [2.75, 3.05) is 45.4 Å². The van der Waals surface area contributed by atoms with E-state index in [1.807, 2.05) is 11.8 Å². The Bertz CT molecular complexity index is 306. The Morgan fingerprint density at radius 2 is 1.90 bits per heavy atom. The zero-order valence-electron chi connectivity index (χ0n) is 12.4. The molecule has 20 heavy (non-hydrogen) atoms. The van der Waals surface area contributed by atoms with E-state index >= 15 is 0 Å². The third-order valence-corrected chi connectivity index (χ3v) is 4.58. The van der Waals surface area contributed by atoms with Crippen LogP contribution in [-0.4, -0.2) is 62.2 Å². The second kappa shape index (κ2) is 10.0. The molecule has 0 aliphatic carbocycles. The first kappa shape index (κ1) is 17.3. The molecule has 0 atom stereocenters. The maximum Gasteiger partial charge on any atom is 0.307 e. The van der Waals surface area contributed by atoms with E-state index in [0.29, 0.717) is 32.0 Å². The lowest BCUT2D eigenvalue weighted by Gasteiger charge is -2.26. The molecule has 1 aliphatic heterocycles. The molecule has 1 heterocycles. The van der Waals surface area contributed by atoms with Crippen LogP contribution in [0.3, 0.4) is 0 Å². The molecule has 1 aliphatic rings. The summed E-state index contributed by atoms with van der Waals surface area (Å²) in [6.45, 7) is 1.44. The minimum absolute atomic E-state index is 0.128. The third kappa shape index (κ3) is 6.61. The van der Waals surface area contributed by atoms with E-state index in [1.165, 1.54) is 7.11 Å². The molecule has 1 fully saturated rings. The van der Waals surface area contributed by atoms with Crippen LogP contribution in [0.1, 0.15) is 25.7 Å². The smallest absolute Gasteiger partial charge is 0.307 e. The summed E-state index contributed by atoms with van der Waals surface area (Å²) in [7, 11) is 2.98. The molecule has 0 saturated carbocycles. The number of rotatable bonds is 8. The summed E-state index contributed by atoms with van der Waals surface area (Å²) in [5, 5.41) is 0. The van der Waals surface area contributed by atoms with Crippen LogP contribution in [0, 0.1) is 5.92 Å². The number of thioether (sulfide) groups is 1. The molecular formula is C14H25NO4S. The van der Waals surface area contributed by atoms with Crippen molar-refractivity contribution in [3.8, 4) is 0 Å². The van der Waals surface area contributed by atoms with Gasteiger partial charge in [0, 0.05) is 26.6 Å². The minimum atomic E-state index is -0.283. The lowest BCUT2D eigenvalue weighted by Crippen LogP contribution is -2.37. The molecule has 0 aromatic rings. The van der Waals surface area contributed by atoms with Gasteiger partial charge in [0.15, 0.2) is 0 Å². The van der Waals surface area contributed by atoms with Gasteiger partial charge in [0.1, 0.15) is 0 Å². The SMILES string of the molecule is COCCN(CCC(=O)OC)C(=O)CC1CCSCC1. The minimum Gasteiger partial charge on any atom is -0.469 e. The maximum absolute atomic E-state index is 12.3. The van der Waals surface area contributed by atoms with Gasteiger partial charge in [0.2, 0.25) is 5.91 Å². The van der Waals surface area contributed by atoms with Crippen molar-refractivity contribution in [1.82, 2.24) is 4.90 Å². The van der Waals surface area contributed by atoms with Gasteiger partial charge in [0.05, 0.1) is 20.1 Å². The Hall–Kier alpha value is -0.750. The monoisotopic (exact) mass is 303 g/mol. The lowest BCUT2D eigenvalue weighted by molar-refractivity contribution is -0.142. The number of carbonyl (C=O) groups excluding carboxylic acids is 2. The summed E-state index contributed by atoms with van der Waals surface area (Å²) >= 11 is 1.96.